The monoisotopic (exact) mass is 580 g/mol. The molecule has 10 nitrogen and oxygen atoms in total. The second-order valence-corrected chi connectivity index (χ2v) is 12.4. The van der Waals surface area contributed by atoms with E-state index in [-0.39, 0.29) is 29.5 Å². The third-order valence-electron chi connectivity index (χ3n) is 6.43. The Kier molecular flexibility index (Phi) is 8.74. The van der Waals surface area contributed by atoms with E-state index in [2.05, 4.69) is 20.5 Å². The molecule has 5 N–H and O–H groups in total. The van der Waals surface area contributed by atoms with E-state index in [0.717, 1.165) is 5.56 Å². The first kappa shape index (κ1) is 29.7. The molecule has 12 heteroatoms. The minimum atomic E-state index is -3.78. The highest BCUT2D eigenvalue weighted by molar-refractivity contribution is 7.89. The molecule has 1 aromatic heterocycles. The van der Waals surface area contributed by atoms with Gasteiger partial charge in [0.25, 0.3) is 5.91 Å². The van der Waals surface area contributed by atoms with Crippen LogP contribution >= 0.6 is 0 Å². The number of rotatable bonds is 10. The number of nitrogens with one attached hydrogen (secondary N) is 3. The minimum Gasteiger partial charge on any atom is -0.399 e. The summed E-state index contributed by atoms with van der Waals surface area (Å²) in [6.45, 7) is 5.71. The quantitative estimate of drug-likeness (QED) is 0.167. The Hall–Kier alpha value is -4.29. The lowest BCUT2D eigenvalue weighted by Gasteiger charge is -2.30. The third-order valence-corrected chi connectivity index (χ3v) is 7.91. The van der Waals surface area contributed by atoms with Gasteiger partial charge in [-0.1, -0.05) is 51.1 Å². The van der Waals surface area contributed by atoms with Crippen molar-refractivity contribution in [3.8, 4) is 0 Å². The van der Waals surface area contributed by atoms with Crippen LogP contribution in [-0.4, -0.2) is 49.1 Å². The number of nitrogen functional groups attached to an aromatic ring is 1. The zero-order valence-electron chi connectivity index (χ0n) is 23.0. The van der Waals surface area contributed by atoms with Crippen molar-refractivity contribution >= 4 is 38.4 Å². The van der Waals surface area contributed by atoms with Crippen LogP contribution in [0.25, 0.3) is 10.9 Å². The number of carbonyl (C=O) groups excluding carboxylic acids is 2. The summed E-state index contributed by atoms with van der Waals surface area (Å²) < 4.78 is 42.4. The van der Waals surface area contributed by atoms with E-state index in [1.165, 1.54) is 36.4 Å². The Labute approximate surface area is 238 Å². The Morgan fingerprint density at radius 3 is 2.29 bits per heavy atom. The van der Waals surface area contributed by atoms with Gasteiger partial charge in [-0.3, -0.25) is 14.3 Å². The van der Waals surface area contributed by atoms with Crippen LogP contribution in [-0.2, 0) is 21.4 Å². The molecule has 0 bridgehead atoms. The molecule has 0 spiro atoms. The Morgan fingerprint density at radius 1 is 0.976 bits per heavy atom. The number of halogens is 1. The molecule has 0 aliphatic rings. The van der Waals surface area contributed by atoms with Crippen LogP contribution in [0.2, 0.25) is 0 Å². The number of anilines is 1. The number of sulfonamides is 1. The number of fused-ring (bicyclic) bond motifs is 1. The number of hydrogen-bond donors (Lipinski definition) is 4. The fourth-order valence-corrected chi connectivity index (χ4v) is 5.29. The molecule has 41 heavy (non-hydrogen) atoms. The van der Waals surface area contributed by atoms with Gasteiger partial charge < -0.3 is 16.4 Å². The molecule has 4 aromatic rings. The molecule has 3 aromatic carbocycles. The molecular weight excluding hydrogens is 547 g/mol. The number of hydrogen-bond acceptors (Lipinski definition) is 6. The molecule has 1 atom stereocenters. The molecular formula is C29H33FN6O4S. The van der Waals surface area contributed by atoms with Crippen molar-refractivity contribution in [3.63, 3.8) is 0 Å². The summed E-state index contributed by atoms with van der Waals surface area (Å²) in [7, 11) is -3.78. The Balaban J connectivity index is 1.44. The van der Waals surface area contributed by atoms with Crippen molar-refractivity contribution in [2.24, 2.45) is 5.41 Å². The fraction of sp³-hybridized carbons (Fsp3) is 0.276. The molecule has 0 radical (unpaired) electrons. The molecule has 2 amide bonds. The van der Waals surface area contributed by atoms with Crippen LogP contribution < -0.4 is 21.1 Å². The van der Waals surface area contributed by atoms with Gasteiger partial charge in [0.2, 0.25) is 15.9 Å². The zero-order valence-corrected chi connectivity index (χ0v) is 23.8. The molecule has 1 unspecified atom stereocenters. The topological polar surface area (TPSA) is 148 Å². The van der Waals surface area contributed by atoms with Crippen LogP contribution in [0.5, 0.6) is 0 Å². The van der Waals surface area contributed by atoms with Gasteiger partial charge in [0.15, 0.2) is 5.69 Å². The maximum atomic E-state index is 13.5. The number of amides is 2. The van der Waals surface area contributed by atoms with Gasteiger partial charge in [-0.15, -0.1) is 0 Å². The van der Waals surface area contributed by atoms with Gasteiger partial charge in [0, 0.05) is 24.2 Å². The van der Waals surface area contributed by atoms with Gasteiger partial charge >= 0.3 is 0 Å². The van der Waals surface area contributed by atoms with E-state index < -0.39 is 33.3 Å². The first-order valence-electron chi connectivity index (χ1n) is 13.0. The molecule has 0 fully saturated rings. The summed E-state index contributed by atoms with van der Waals surface area (Å²) >= 11 is 0. The summed E-state index contributed by atoms with van der Waals surface area (Å²) in [5, 5.41) is 10.7. The SMILES string of the molecule is CC(C)(C)C(NC(=O)c1nn(Cc2ccc(F)cc2)c2ccccc12)C(=O)NCCNS(=O)(=O)c1ccc(N)cc1. The highest BCUT2D eigenvalue weighted by Crippen LogP contribution is 2.23. The number of nitrogens with two attached hydrogens (primary N) is 1. The number of carbonyl (C=O) groups is 2. The lowest BCUT2D eigenvalue weighted by atomic mass is 9.86. The molecule has 216 valence electrons. The standard InChI is InChI=1S/C29H33FN6O4S/c1-29(2,3)26(28(38)32-16-17-33-41(39,40)22-14-12-21(31)13-15-22)34-27(37)25-23-6-4-5-7-24(23)36(35-25)18-19-8-10-20(30)11-9-19/h4-15,26,33H,16-18,31H2,1-3H3,(H,32,38)(H,34,37). The maximum Gasteiger partial charge on any atom is 0.273 e. The van der Waals surface area contributed by atoms with Crippen molar-refractivity contribution in [1.82, 2.24) is 25.1 Å². The van der Waals surface area contributed by atoms with Gasteiger partial charge in [0.05, 0.1) is 17.0 Å². The smallest absolute Gasteiger partial charge is 0.273 e. The maximum absolute atomic E-state index is 13.5. The van der Waals surface area contributed by atoms with Crippen molar-refractivity contribution in [2.75, 3.05) is 18.8 Å². The van der Waals surface area contributed by atoms with E-state index in [0.29, 0.717) is 23.1 Å². The van der Waals surface area contributed by atoms with Crippen LogP contribution in [0.4, 0.5) is 10.1 Å². The van der Waals surface area contributed by atoms with Gasteiger partial charge in [0.1, 0.15) is 11.9 Å². The molecule has 4 rings (SSSR count). The second-order valence-electron chi connectivity index (χ2n) is 10.7. The fourth-order valence-electron chi connectivity index (χ4n) is 4.26. The molecule has 0 aliphatic heterocycles. The number of nitrogens with zero attached hydrogens (tertiary/aromatic N) is 2. The van der Waals surface area contributed by atoms with E-state index in [4.69, 9.17) is 5.73 Å². The highest BCUT2D eigenvalue weighted by atomic mass is 32.2. The average molecular weight is 581 g/mol. The number of aromatic nitrogens is 2. The van der Waals surface area contributed by atoms with Gasteiger partial charge in [-0.2, -0.15) is 5.10 Å². The second kappa shape index (κ2) is 12.1. The van der Waals surface area contributed by atoms with E-state index in [1.807, 2.05) is 32.9 Å². The molecule has 0 aliphatic carbocycles. The van der Waals surface area contributed by atoms with Gasteiger partial charge in [-0.25, -0.2) is 17.5 Å². The number of benzene rings is 3. The van der Waals surface area contributed by atoms with Crippen molar-refractivity contribution in [1.29, 1.82) is 0 Å². The summed E-state index contributed by atoms with van der Waals surface area (Å²) in [6.07, 6.45) is 0. The van der Waals surface area contributed by atoms with Crippen molar-refractivity contribution in [2.45, 2.75) is 38.3 Å². The zero-order chi connectivity index (χ0) is 29.8. The minimum absolute atomic E-state index is 0.00468. The lowest BCUT2D eigenvalue weighted by Crippen LogP contribution is -2.54. The average Bonchev–Trinajstić information content (AvgIpc) is 3.29. The highest BCUT2D eigenvalue weighted by Gasteiger charge is 2.34. The van der Waals surface area contributed by atoms with Crippen LogP contribution in [0.1, 0.15) is 36.8 Å². The first-order valence-corrected chi connectivity index (χ1v) is 14.5. The molecule has 0 saturated carbocycles. The van der Waals surface area contributed by atoms with Crippen molar-refractivity contribution < 1.29 is 22.4 Å². The number of para-hydroxylation sites is 1. The van der Waals surface area contributed by atoms with E-state index >= 15 is 0 Å². The summed E-state index contributed by atoms with van der Waals surface area (Å²) in [5.74, 6) is -1.34. The van der Waals surface area contributed by atoms with Crippen LogP contribution in [0.15, 0.2) is 77.7 Å². The Bertz CT molecular complexity index is 1650. The van der Waals surface area contributed by atoms with Crippen LogP contribution in [0.3, 0.4) is 0 Å². The summed E-state index contributed by atoms with van der Waals surface area (Å²) in [5.41, 5.74) is 7.07. The van der Waals surface area contributed by atoms with Gasteiger partial charge in [-0.05, 0) is 53.4 Å². The predicted octanol–water partition coefficient (Wildman–Crippen LogP) is 3.05. The molecule has 0 saturated heterocycles. The van der Waals surface area contributed by atoms with Crippen molar-refractivity contribution in [3.05, 3.63) is 89.9 Å². The first-order chi connectivity index (χ1) is 19.3. The summed E-state index contributed by atoms with van der Waals surface area (Å²) in [4.78, 5) is 26.7. The summed E-state index contributed by atoms with van der Waals surface area (Å²) in [6, 6.07) is 18.1. The lowest BCUT2D eigenvalue weighted by molar-refractivity contribution is -0.125. The van der Waals surface area contributed by atoms with E-state index in [1.54, 1.807) is 28.9 Å². The predicted molar refractivity (Wildman–Crippen MR) is 155 cm³/mol. The normalized spacial score (nSPS) is 12.7. The third kappa shape index (κ3) is 7.27. The largest absolute Gasteiger partial charge is 0.399 e. The Morgan fingerprint density at radius 2 is 1.63 bits per heavy atom. The molecule has 1 heterocycles. The van der Waals surface area contributed by atoms with Crippen LogP contribution in [0, 0.1) is 11.2 Å². The van der Waals surface area contributed by atoms with E-state index in [9.17, 15) is 22.4 Å².